The van der Waals surface area contributed by atoms with E-state index in [1.807, 2.05) is 70.9 Å². The average Bonchev–Trinajstić information content (AvgIpc) is 3.51. The highest BCUT2D eigenvalue weighted by Gasteiger charge is 2.38. The van der Waals surface area contributed by atoms with Crippen LogP contribution in [0, 0.1) is 11.8 Å². The van der Waals surface area contributed by atoms with Crippen LogP contribution in [0.25, 0.3) is 11.3 Å². The van der Waals surface area contributed by atoms with E-state index < -0.39 is 0 Å². The van der Waals surface area contributed by atoms with Gasteiger partial charge in [-0.15, -0.1) is 11.3 Å². The largest absolute Gasteiger partial charge is 0.342 e. The molecule has 0 aliphatic carbocycles. The van der Waals surface area contributed by atoms with Crippen LogP contribution in [0.3, 0.4) is 0 Å². The fraction of sp³-hybridized carbons (Fsp3) is 0.308. The number of thiazole rings is 1. The number of amides is 3. The van der Waals surface area contributed by atoms with Gasteiger partial charge in [-0.05, 0) is 25.0 Å². The maximum Gasteiger partial charge on any atom is 0.229 e. The van der Waals surface area contributed by atoms with Gasteiger partial charge in [0.2, 0.25) is 17.7 Å². The Kier molecular flexibility index (Phi) is 6.40. The molecule has 0 saturated carbocycles. The summed E-state index contributed by atoms with van der Waals surface area (Å²) in [7, 11) is 0. The van der Waals surface area contributed by atoms with Crippen molar-refractivity contribution in [2.45, 2.75) is 19.3 Å². The molecule has 1 unspecified atom stereocenters. The zero-order chi connectivity index (χ0) is 23.5. The summed E-state index contributed by atoms with van der Waals surface area (Å²) in [6.45, 7) is 1.47. The number of para-hydroxylation sites is 1. The van der Waals surface area contributed by atoms with Crippen molar-refractivity contribution in [3.05, 3.63) is 66.0 Å². The van der Waals surface area contributed by atoms with Crippen molar-refractivity contribution in [2.75, 3.05) is 29.9 Å². The van der Waals surface area contributed by atoms with Crippen LogP contribution in [0.1, 0.15) is 19.3 Å². The molecule has 0 bridgehead atoms. The summed E-state index contributed by atoms with van der Waals surface area (Å²) in [5, 5.41) is 5.47. The quantitative estimate of drug-likeness (QED) is 0.605. The summed E-state index contributed by atoms with van der Waals surface area (Å²) in [5.41, 5.74) is 2.69. The molecule has 7 nitrogen and oxygen atoms in total. The van der Waals surface area contributed by atoms with Crippen molar-refractivity contribution in [3.8, 4) is 11.3 Å². The van der Waals surface area contributed by atoms with Gasteiger partial charge in [-0.2, -0.15) is 0 Å². The number of nitrogens with one attached hydrogen (secondary N) is 1. The van der Waals surface area contributed by atoms with Crippen molar-refractivity contribution >= 4 is 39.9 Å². The number of piperidine rings is 1. The Morgan fingerprint density at radius 2 is 1.62 bits per heavy atom. The lowest BCUT2D eigenvalue weighted by Gasteiger charge is -2.32. The van der Waals surface area contributed by atoms with Gasteiger partial charge in [0.1, 0.15) is 0 Å². The van der Waals surface area contributed by atoms with Gasteiger partial charge in [0, 0.05) is 48.6 Å². The van der Waals surface area contributed by atoms with Gasteiger partial charge in [-0.3, -0.25) is 14.4 Å². The monoisotopic (exact) mass is 474 g/mol. The minimum absolute atomic E-state index is 0.0121. The first kappa shape index (κ1) is 22.3. The van der Waals surface area contributed by atoms with E-state index >= 15 is 0 Å². The topological polar surface area (TPSA) is 82.6 Å². The molecule has 2 aliphatic heterocycles. The number of nitrogens with zero attached hydrogens (tertiary/aromatic N) is 3. The van der Waals surface area contributed by atoms with E-state index in [1.165, 1.54) is 11.3 Å². The molecule has 2 aromatic carbocycles. The third kappa shape index (κ3) is 4.72. The smallest absolute Gasteiger partial charge is 0.229 e. The van der Waals surface area contributed by atoms with Gasteiger partial charge >= 0.3 is 0 Å². The van der Waals surface area contributed by atoms with Gasteiger partial charge in [-0.25, -0.2) is 4.98 Å². The van der Waals surface area contributed by atoms with Gasteiger partial charge in [0.25, 0.3) is 0 Å². The summed E-state index contributed by atoms with van der Waals surface area (Å²) in [5.74, 6) is -0.536. The van der Waals surface area contributed by atoms with E-state index in [-0.39, 0.29) is 36.0 Å². The minimum Gasteiger partial charge on any atom is -0.342 e. The number of rotatable bonds is 5. The Bertz CT molecular complexity index is 1170. The molecule has 34 heavy (non-hydrogen) atoms. The molecular formula is C26H26N4O3S. The van der Waals surface area contributed by atoms with Crippen LogP contribution < -0.4 is 10.2 Å². The second kappa shape index (κ2) is 9.77. The molecule has 174 valence electrons. The third-order valence-corrected chi connectivity index (χ3v) is 7.28. The highest BCUT2D eigenvalue weighted by atomic mass is 32.1. The molecule has 1 aromatic heterocycles. The van der Waals surface area contributed by atoms with E-state index in [2.05, 4.69) is 10.3 Å². The normalized spacial score (nSPS) is 18.8. The van der Waals surface area contributed by atoms with E-state index in [0.717, 1.165) is 16.9 Å². The standard InChI is InChI=1S/C26H26N4O3S/c31-23-15-20(16-30(23)21-9-5-2-6-10-21)25(33)29-13-11-19(12-14-29)24(32)28-26-27-22(17-34-26)18-7-3-1-4-8-18/h1-10,17,19-20H,11-16H2,(H,27,28,32). The zero-order valence-corrected chi connectivity index (χ0v) is 19.5. The number of benzene rings is 2. The van der Waals surface area contributed by atoms with Gasteiger partial charge in [0.15, 0.2) is 5.13 Å². The number of carbonyl (C=O) groups is 3. The molecule has 0 radical (unpaired) electrons. The predicted molar refractivity (Wildman–Crippen MR) is 132 cm³/mol. The number of carbonyl (C=O) groups excluding carboxylic acids is 3. The lowest BCUT2D eigenvalue weighted by molar-refractivity contribution is -0.138. The van der Waals surface area contributed by atoms with Crippen LogP contribution in [-0.4, -0.2) is 47.2 Å². The Morgan fingerprint density at radius 3 is 2.32 bits per heavy atom. The average molecular weight is 475 g/mol. The SMILES string of the molecule is O=C(Nc1nc(-c2ccccc2)cs1)C1CCN(C(=O)C2CC(=O)N(c3ccccc3)C2)CC1. The molecular weight excluding hydrogens is 448 g/mol. The Hall–Kier alpha value is -3.52. The first-order valence-corrected chi connectivity index (χ1v) is 12.4. The first-order chi connectivity index (χ1) is 16.6. The summed E-state index contributed by atoms with van der Waals surface area (Å²) in [6, 6.07) is 19.3. The fourth-order valence-corrected chi connectivity index (χ4v) is 5.35. The van der Waals surface area contributed by atoms with Crippen molar-refractivity contribution in [3.63, 3.8) is 0 Å². The van der Waals surface area contributed by atoms with Gasteiger partial charge in [0.05, 0.1) is 11.6 Å². The van der Waals surface area contributed by atoms with Crippen LogP contribution in [0.2, 0.25) is 0 Å². The lowest BCUT2D eigenvalue weighted by Crippen LogP contribution is -2.44. The fourth-order valence-electron chi connectivity index (χ4n) is 4.63. The Morgan fingerprint density at radius 1 is 0.941 bits per heavy atom. The maximum atomic E-state index is 13.1. The molecule has 0 spiro atoms. The molecule has 8 heteroatoms. The van der Waals surface area contributed by atoms with E-state index in [9.17, 15) is 14.4 Å². The number of hydrogen-bond donors (Lipinski definition) is 1. The zero-order valence-electron chi connectivity index (χ0n) is 18.7. The van der Waals surface area contributed by atoms with Crippen LogP contribution >= 0.6 is 11.3 Å². The Balaban J connectivity index is 1.13. The molecule has 2 aliphatic rings. The molecule has 1 N–H and O–H groups in total. The van der Waals surface area contributed by atoms with Crippen LogP contribution in [0.4, 0.5) is 10.8 Å². The lowest BCUT2D eigenvalue weighted by atomic mass is 9.94. The van der Waals surface area contributed by atoms with Crippen LogP contribution in [0.5, 0.6) is 0 Å². The van der Waals surface area contributed by atoms with E-state index in [4.69, 9.17) is 0 Å². The van der Waals surface area contributed by atoms with E-state index in [0.29, 0.717) is 37.6 Å². The number of hydrogen-bond acceptors (Lipinski definition) is 5. The van der Waals surface area contributed by atoms with Crippen LogP contribution in [-0.2, 0) is 14.4 Å². The molecule has 3 heterocycles. The highest BCUT2D eigenvalue weighted by Crippen LogP contribution is 2.29. The number of likely N-dealkylation sites (tertiary alicyclic amines) is 1. The maximum absolute atomic E-state index is 13.1. The molecule has 5 rings (SSSR count). The van der Waals surface area contributed by atoms with Crippen molar-refractivity contribution in [1.82, 2.24) is 9.88 Å². The predicted octanol–water partition coefficient (Wildman–Crippen LogP) is 4.04. The first-order valence-electron chi connectivity index (χ1n) is 11.5. The second-order valence-corrected chi connectivity index (χ2v) is 9.59. The molecule has 3 aromatic rings. The molecule has 1 atom stereocenters. The second-order valence-electron chi connectivity index (χ2n) is 8.73. The minimum atomic E-state index is -0.329. The van der Waals surface area contributed by atoms with Crippen molar-refractivity contribution < 1.29 is 14.4 Å². The third-order valence-electron chi connectivity index (χ3n) is 6.52. The summed E-state index contributed by atoms with van der Waals surface area (Å²) < 4.78 is 0. The van der Waals surface area contributed by atoms with Crippen molar-refractivity contribution in [1.29, 1.82) is 0 Å². The summed E-state index contributed by atoms with van der Waals surface area (Å²) >= 11 is 1.41. The highest BCUT2D eigenvalue weighted by molar-refractivity contribution is 7.14. The van der Waals surface area contributed by atoms with Crippen LogP contribution in [0.15, 0.2) is 66.0 Å². The number of anilines is 2. The number of aromatic nitrogens is 1. The Labute approximate surface area is 202 Å². The molecule has 3 amide bonds. The molecule has 2 saturated heterocycles. The van der Waals surface area contributed by atoms with Gasteiger partial charge in [-0.1, -0.05) is 48.5 Å². The van der Waals surface area contributed by atoms with E-state index in [1.54, 1.807) is 4.90 Å². The van der Waals surface area contributed by atoms with Gasteiger partial charge < -0.3 is 15.1 Å². The van der Waals surface area contributed by atoms with Crippen molar-refractivity contribution in [2.24, 2.45) is 11.8 Å². The summed E-state index contributed by atoms with van der Waals surface area (Å²) in [6.07, 6.45) is 1.46. The molecule has 2 fully saturated rings. The summed E-state index contributed by atoms with van der Waals surface area (Å²) in [4.78, 5) is 46.4.